The van der Waals surface area contributed by atoms with Crippen molar-refractivity contribution >= 4 is 21.7 Å². The highest BCUT2D eigenvalue weighted by Crippen LogP contribution is 2.39. The van der Waals surface area contributed by atoms with Gasteiger partial charge in [0.2, 0.25) is 11.7 Å². The zero-order chi connectivity index (χ0) is 30.8. The van der Waals surface area contributed by atoms with Crippen LogP contribution in [0.1, 0.15) is 36.7 Å². The van der Waals surface area contributed by atoms with E-state index in [2.05, 4.69) is 14.7 Å². The Bertz CT molecular complexity index is 1570. The van der Waals surface area contributed by atoms with Gasteiger partial charge in [-0.25, -0.2) is 13.4 Å². The number of carbonyl (C=O) groups excluding carboxylic acids is 1. The number of aliphatic hydroxyl groups excluding tert-OH is 1. The highest BCUT2D eigenvalue weighted by molar-refractivity contribution is 7.92. The number of nitrogens with two attached hydrogens (primary N) is 1. The molecule has 1 aromatic heterocycles. The summed E-state index contributed by atoms with van der Waals surface area (Å²) in [6.07, 6.45) is 1.14. The monoisotopic (exact) mass is 594 g/mol. The van der Waals surface area contributed by atoms with Gasteiger partial charge in [0.05, 0.1) is 18.6 Å². The van der Waals surface area contributed by atoms with Crippen molar-refractivity contribution < 1.29 is 32.5 Å². The molecule has 0 bridgehead atoms. The highest BCUT2D eigenvalue weighted by atomic mass is 32.2. The van der Waals surface area contributed by atoms with Crippen molar-refractivity contribution in [3.63, 3.8) is 0 Å². The maximum atomic E-state index is 13.1. The van der Waals surface area contributed by atoms with E-state index >= 15 is 0 Å². The molecule has 0 atom stereocenters. The summed E-state index contributed by atoms with van der Waals surface area (Å²) in [6.45, 7) is 5.81. The molecule has 1 amide bonds. The molecule has 0 aliphatic rings. The Labute approximate surface area is 245 Å². The zero-order valence-electron chi connectivity index (χ0n) is 23.8. The van der Waals surface area contributed by atoms with Crippen LogP contribution in [0.25, 0.3) is 0 Å². The predicted molar refractivity (Wildman–Crippen MR) is 159 cm³/mol. The predicted octanol–water partition coefficient (Wildman–Crippen LogP) is 4.53. The third-order valence-corrected chi connectivity index (χ3v) is 7.06. The van der Waals surface area contributed by atoms with Crippen molar-refractivity contribution in [1.29, 1.82) is 0 Å². The largest absolute Gasteiger partial charge is 0.493 e. The lowest BCUT2D eigenvalue weighted by Gasteiger charge is -2.19. The Kier molecular flexibility index (Phi) is 10.8. The van der Waals surface area contributed by atoms with E-state index in [0.29, 0.717) is 17.1 Å². The molecule has 4 aromatic rings. The molecular weight excluding hydrogens is 560 g/mol. The van der Waals surface area contributed by atoms with Gasteiger partial charge in [-0.1, -0.05) is 63.2 Å². The number of rotatable bonds is 10. The second kappa shape index (κ2) is 14.3. The van der Waals surface area contributed by atoms with E-state index in [1.54, 1.807) is 60.7 Å². The van der Waals surface area contributed by atoms with Crippen LogP contribution >= 0.6 is 0 Å². The number of hydrogen-bond acceptors (Lipinski definition) is 9. The first-order valence-corrected chi connectivity index (χ1v) is 14.3. The number of benzene rings is 3. The number of ether oxygens (including phenoxy) is 3. The van der Waals surface area contributed by atoms with E-state index in [-0.39, 0.29) is 46.9 Å². The van der Waals surface area contributed by atoms with E-state index in [4.69, 9.17) is 25.1 Å². The molecule has 42 heavy (non-hydrogen) atoms. The average Bonchev–Trinajstić information content (AvgIpc) is 2.98. The summed E-state index contributed by atoms with van der Waals surface area (Å²) < 4.78 is 45.3. The van der Waals surface area contributed by atoms with Crippen LogP contribution in [-0.4, -0.2) is 49.7 Å². The van der Waals surface area contributed by atoms with Gasteiger partial charge in [0.25, 0.3) is 15.9 Å². The quantitative estimate of drug-likeness (QED) is 0.239. The Morgan fingerprint density at radius 2 is 1.55 bits per heavy atom. The molecule has 0 aliphatic carbocycles. The van der Waals surface area contributed by atoms with Gasteiger partial charge in [-0.05, 0) is 47.4 Å². The minimum atomic E-state index is -4.00. The zero-order valence-corrected chi connectivity index (χ0v) is 24.6. The normalized spacial score (nSPS) is 11.1. The van der Waals surface area contributed by atoms with E-state index in [0.717, 1.165) is 11.9 Å². The summed E-state index contributed by atoms with van der Waals surface area (Å²) in [6, 6.07) is 22.2. The molecule has 3 aromatic carbocycles. The van der Waals surface area contributed by atoms with E-state index < -0.39 is 10.0 Å². The Hall–Kier alpha value is -4.68. The topological polar surface area (TPSA) is 163 Å². The molecule has 4 N–H and O–H groups in total. The molecule has 0 unspecified atom stereocenters. The molecule has 0 fully saturated rings. The number of aliphatic hydroxyl groups is 1. The molecule has 0 aliphatic heterocycles. The van der Waals surface area contributed by atoms with Crippen LogP contribution in [0, 0.1) is 0 Å². The number of carbonyl (C=O) groups is 1. The second-order valence-electron chi connectivity index (χ2n) is 9.79. The lowest BCUT2D eigenvalue weighted by atomic mass is 9.87. The van der Waals surface area contributed by atoms with Crippen molar-refractivity contribution in [3.05, 3.63) is 96.3 Å². The van der Waals surface area contributed by atoms with Crippen LogP contribution in [0.15, 0.2) is 90.1 Å². The molecule has 1 heterocycles. The number of nitrogens with one attached hydrogen (secondary N) is 1. The second-order valence-corrected chi connectivity index (χ2v) is 11.5. The van der Waals surface area contributed by atoms with Crippen LogP contribution in [-0.2, 0) is 15.4 Å². The number of aromatic nitrogens is 2. The number of hydrogen-bond donors (Lipinski definition) is 3. The highest BCUT2D eigenvalue weighted by Gasteiger charge is 2.24. The van der Waals surface area contributed by atoms with Crippen LogP contribution in [0.4, 0.5) is 5.82 Å². The summed E-state index contributed by atoms with van der Waals surface area (Å²) in [5.41, 5.74) is 6.42. The first-order chi connectivity index (χ1) is 20.0. The van der Waals surface area contributed by atoms with E-state index in [1.807, 2.05) is 26.8 Å². The van der Waals surface area contributed by atoms with E-state index in [9.17, 15) is 13.2 Å². The van der Waals surface area contributed by atoms with Gasteiger partial charge in [0.15, 0.2) is 17.3 Å². The van der Waals surface area contributed by atoms with Gasteiger partial charge < -0.3 is 25.1 Å². The fraction of sp³-hybridized carbons (Fsp3) is 0.233. The fourth-order valence-electron chi connectivity index (χ4n) is 3.50. The maximum Gasteiger partial charge on any atom is 0.263 e. The molecule has 0 saturated heterocycles. The molecule has 222 valence electrons. The SMILES string of the molecule is COc1ccccc1Oc1c(NS(=O)(=O)c2ccc(C(C)(C)C)cc2)ncnc1OCCO.NC(=O)c1ccccc1. The van der Waals surface area contributed by atoms with Crippen LogP contribution < -0.4 is 24.7 Å². The summed E-state index contributed by atoms with van der Waals surface area (Å²) in [5, 5.41) is 9.13. The molecule has 4 rings (SSSR count). The number of nitrogens with zero attached hydrogens (tertiary/aromatic N) is 2. The lowest BCUT2D eigenvalue weighted by molar-refractivity contribution is 0.1000. The fourth-order valence-corrected chi connectivity index (χ4v) is 4.52. The molecule has 0 saturated carbocycles. The minimum absolute atomic E-state index is 0.0364. The van der Waals surface area contributed by atoms with Crippen molar-refractivity contribution in [3.8, 4) is 23.1 Å². The summed E-state index contributed by atoms with van der Waals surface area (Å²) in [4.78, 5) is 18.6. The van der Waals surface area contributed by atoms with Gasteiger partial charge in [0.1, 0.15) is 12.9 Å². The van der Waals surface area contributed by atoms with Crippen molar-refractivity contribution in [2.75, 3.05) is 25.0 Å². The molecule has 11 nitrogen and oxygen atoms in total. The van der Waals surface area contributed by atoms with Crippen LogP contribution in [0.3, 0.4) is 0 Å². The van der Waals surface area contributed by atoms with Crippen molar-refractivity contribution in [2.45, 2.75) is 31.1 Å². The molecule has 0 radical (unpaired) electrons. The third kappa shape index (κ3) is 8.66. The first kappa shape index (κ1) is 31.8. The Balaban J connectivity index is 0.000000458. The standard InChI is InChI=1S/C23H27N3O6S.C7H7NO/c1-23(2,3)16-9-11-17(12-10-16)33(28,29)26-21-20(22(25-15-24-21)31-14-13-27)32-19-8-6-5-7-18(19)30-4;8-7(9)6-4-2-1-3-5-6/h5-12,15,27H,13-14H2,1-4H3,(H,24,25,26);1-5H,(H2,8,9). The third-order valence-electron chi connectivity index (χ3n) is 5.70. The maximum absolute atomic E-state index is 13.1. The van der Waals surface area contributed by atoms with Gasteiger partial charge >= 0.3 is 0 Å². The Morgan fingerprint density at radius 1 is 0.929 bits per heavy atom. The molecule has 12 heteroatoms. The number of anilines is 1. The number of amides is 1. The number of sulfonamides is 1. The Morgan fingerprint density at radius 3 is 2.10 bits per heavy atom. The van der Waals surface area contributed by atoms with Crippen LogP contribution in [0.5, 0.6) is 23.1 Å². The minimum Gasteiger partial charge on any atom is -0.493 e. The summed E-state index contributed by atoms with van der Waals surface area (Å²) >= 11 is 0. The smallest absolute Gasteiger partial charge is 0.263 e. The number of methoxy groups -OCH3 is 1. The molecular formula is C30H34N4O7S. The van der Waals surface area contributed by atoms with Gasteiger partial charge in [-0.3, -0.25) is 9.52 Å². The molecule has 0 spiro atoms. The van der Waals surface area contributed by atoms with Crippen LogP contribution in [0.2, 0.25) is 0 Å². The van der Waals surface area contributed by atoms with Crippen molar-refractivity contribution in [2.24, 2.45) is 5.73 Å². The number of para-hydroxylation sites is 2. The van der Waals surface area contributed by atoms with Crippen molar-refractivity contribution in [1.82, 2.24) is 9.97 Å². The average molecular weight is 595 g/mol. The summed E-state index contributed by atoms with van der Waals surface area (Å²) in [7, 11) is -2.52. The van der Waals surface area contributed by atoms with Gasteiger partial charge in [0, 0.05) is 5.56 Å². The van der Waals surface area contributed by atoms with E-state index in [1.165, 1.54) is 19.2 Å². The first-order valence-electron chi connectivity index (χ1n) is 12.8. The summed E-state index contributed by atoms with van der Waals surface area (Å²) in [5.74, 6) is 0.120. The van der Waals surface area contributed by atoms with Gasteiger partial charge in [-0.15, -0.1) is 0 Å². The number of primary amides is 1. The van der Waals surface area contributed by atoms with Gasteiger partial charge in [-0.2, -0.15) is 4.98 Å². The lowest BCUT2D eigenvalue weighted by Crippen LogP contribution is -2.16.